The second kappa shape index (κ2) is 5.49. The Morgan fingerprint density at radius 3 is 2.56 bits per heavy atom. The topological polar surface area (TPSA) is 41.1 Å². The van der Waals surface area contributed by atoms with Crippen LogP contribution in [0, 0.1) is 6.92 Å². The molecule has 0 bridgehead atoms. The molecular weight excluding hydrogens is 224 g/mol. The largest absolute Gasteiger partial charge is 0.381 e. The Balaban J connectivity index is 2.08. The van der Waals surface area contributed by atoms with Crippen molar-refractivity contribution in [1.29, 1.82) is 0 Å². The van der Waals surface area contributed by atoms with Crippen molar-refractivity contribution in [3.05, 3.63) is 48.0 Å². The van der Waals surface area contributed by atoms with Gasteiger partial charge in [-0.15, -0.1) is 0 Å². The number of anilines is 2. The van der Waals surface area contributed by atoms with Gasteiger partial charge in [0.1, 0.15) is 6.33 Å². The molecule has 94 valence electrons. The summed E-state index contributed by atoms with van der Waals surface area (Å²) < 4.78 is 0. The van der Waals surface area contributed by atoms with E-state index in [1.807, 2.05) is 12.4 Å². The fourth-order valence-corrected chi connectivity index (χ4v) is 1.83. The van der Waals surface area contributed by atoms with Gasteiger partial charge in [0.15, 0.2) is 0 Å². The summed E-state index contributed by atoms with van der Waals surface area (Å²) in [4.78, 5) is 10.1. The van der Waals surface area contributed by atoms with Crippen LogP contribution in [0.15, 0.2) is 36.9 Å². The molecule has 0 aliphatic heterocycles. The van der Waals surface area contributed by atoms with Crippen LogP contribution in [0.25, 0.3) is 0 Å². The minimum Gasteiger partial charge on any atom is -0.381 e. The Morgan fingerprint density at radius 2 is 1.89 bits per heavy atom. The van der Waals surface area contributed by atoms with Gasteiger partial charge in [0.05, 0.1) is 0 Å². The van der Waals surface area contributed by atoms with Crippen molar-refractivity contribution in [3.63, 3.8) is 0 Å². The first-order chi connectivity index (χ1) is 8.66. The van der Waals surface area contributed by atoms with E-state index in [1.165, 1.54) is 11.3 Å². The highest BCUT2D eigenvalue weighted by Crippen LogP contribution is 2.22. The van der Waals surface area contributed by atoms with Crippen LogP contribution in [0.5, 0.6) is 0 Å². The van der Waals surface area contributed by atoms with Crippen LogP contribution in [0.1, 0.15) is 11.1 Å². The average Bonchev–Trinajstić information content (AvgIpc) is 2.38. The number of nitrogens with one attached hydrogen (secondary N) is 1. The predicted octanol–water partition coefficient (Wildman–Crippen LogP) is 2.46. The molecule has 0 saturated carbocycles. The quantitative estimate of drug-likeness (QED) is 0.894. The molecule has 1 aromatic carbocycles. The lowest BCUT2D eigenvalue weighted by Crippen LogP contribution is -2.11. The van der Waals surface area contributed by atoms with Crippen LogP contribution in [-0.4, -0.2) is 24.1 Å². The highest BCUT2D eigenvalue weighted by Gasteiger charge is 2.02. The van der Waals surface area contributed by atoms with Gasteiger partial charge in [0, 0.05) is 50.0 Å². The first-order valence-electron chi connectivity index (χ1n) is 5.92. The maximum atomic E-state index is 4.00. The van der Waals surface area contributed by atoms with Gasteiger partial charge in [-0.3, -0.25) is 0 Å². The van der Waals surface area contributed by atoms with E-state index in [2.05, 4.69) is 59.4 Å². The van der Waals surface area contributed by atoms with Crippen LogP contribution in [0.2, 0.25) is 0 Å². The molecule has 2 rings (SSSR count). The average molecular weight is 242 g/mol. The summed E-state index contributed by atoms with van der Waals surface area (Å²) in [7, 11) is 4.11. The summed E-state index contributed by atoms with van der Waals surface area (Å²) in [5, 5.41) is 3.38. The molecule has 1 aromatic heterocycles. The molecule has 0 amide bonds. The van der Waals surface area contributed by atoms with Gasteiger partial charge in [0.2, 0.25) is 0 Å². The van der Waals surface area contributed by atoms with E-state index >= 15 is 0 Å². The zero-order chi connectivity index (χ0) is 13.0. The van der Waals surface area contributed by atoms with Crippen molar-refractivity contribution < 1.29 is 0 Å². The number of hydrogen-bond donors (Lipinski definition) is 1. The Morgan fingerprint density at radius 1 is 1.17 bits per heavy atom. The molecule has 0 saturated heterocycles. The van der Waals surface area contributed by atoms with Crippen LogP contribution in [0.3, 0.4) is 0 Å². The third kappa shape index (κ3) is 2.97. The maximum Gasteiger partial charge on any atom is 0.115 e. The highest BCUT2D eigenvalue weighted by molar-refractivity contribution is 5.61. The summed E-state index contributed by atoms with van der Waals surface area (Å²) in [6.45, 7) is 2.85. The minimum atomic E-state index is 0.733. The van der Waals surface area contributed by atoms with E-state index < -0.39 is 0 Å². The van der Waals surface area contributed by atoms with Crippen LogP contribution >= 0.6 is 0 Å². The van der Waals surface area contributed by atoms with Gasteiger partial charge in [-0.1, -0.05) is 6.07 Å². The van der Waals surface area contributed by atoms with E-state index in [1.54, 1.807) is 6.33 Å². The summed E-state index contributed by atoms with van der Waals surface area (Å²) in [6, 6.07) is 6.37. The number of nitrogens with zero attached hydrogens (tertiary/aromatic N) is 3. The fourth-order valence-electron chi connectivity index (χ4n) is 1.83. The Kier molecular flexibility index (Phi) is 3.77. The smallest absolute Gasteiger partial charge is 0.115 e. The molecule has 1 N–H and O–H groups in total. The summed E-state index contributed by atoms with van der Waals surface area (Å²) in [6.07, 6.45) is 5.18. The van der Waals surface area contributed by atoms with Crippen LogP contribution in [0.4, 0.5) is 11.4 Å². The molecule has 0 fully saturated rings. The molecule has 1 heterocycles. The molecule has 0 aliphatic rings. The van der Waals surface area contributed by atoms with Crippen molar-refractivity contribution in [2.45, 2.75) is 13.5 Å². The molecule has 4 nitrogen and oxygen atoms in total. The minimum absolute atomic E-state index is 0.733. The molecule has 0 radical (unpaired) electrons. The second-order valence-electron chi connectivity index (χ2n) is 4.50. The van der Waals surface area contributed by atoms with Crippen molar-refractivity contribution in [2.75, 3.05) is 24.3 Å². The van der Waals surface area contributed by atoms with Gasteiger partial charge < -0.3 is 10.2 Å². The normalized spacial score (nSPS) is 10.2. The monoisotopic (exact) mass is 242 g/mol. The van der Waals surface area contributed by atoms with Crippen molar-refractivity contribution >= 4 is 11.4 Å². The molecule has 2 aromatic rings. The third-order valence-corrected chi connectivity index (χ3v) is 2.80. The number of benzene rings is 1. The third-order valence-electron chi connectivity index (χ3n) is 2.80. The van der Waals surface area contributed by atoms with Crippen molar-refractivity contribution in [3.8, 4) is 0 Å². The van der Waals surface area contributed by atoms with E-state index in [0.29, 0.717) is 0 Å². The number of hydrogen-bond acceptors (Lipinski definition) is 4. The standard InChI is InChI=1S/C14H18N4/c1-11-4-5-13(6-14(11)18(2)3)17-9-12-7-15-10-16-8-12/h4-8,10,17H,9H2,1-3H3. The lowest BCUT2D eigenvalue weighted by molar-refractivity contribution is 1.05. The van der Waals surface area contributed by atoms with Crippen LogP contribution in [-0.2, 0) is 6.54 Å². The number of rotatable bonds is 4. The van der Waals surface area contributed by atoms with Gasteiger partial charge in [0.25, 0.3) is 0 Å². The summed E-state index contributed by atoms with van der Waals surface area (Å²) in [5.74, 6) is 0. The van der Waals surface area contributed by atoms with Gasteiger partial charge in [-0.2, -0.15) is 0 Å². The van der Waals surface area contributed by atoms with Crippen LogP contribution < -0.4 is 10.2 Å². The fraction of sp³-hybridized carbons (Fsp3) is 0.286. The number of aryl methyl sites for hydroxylation is 1. The van der Waals surface area contributed by atoms with Gasteiger partial charge >= 0.3 is 0 Å². The van der Waals surface area contributed by atoms with E-state index in [9.17, 15) is 0 Å². The second-order valence-corrected chi connectivity index (χ2v) is 4.50. The summed E-state index contributed by atoms with van der Waals surface area (Å²) in [5.41, 5.74) is 4.68. The Labute approximate surface area is 108 Å². The molecule has 0 aliphatic carbocycles. The lowest BCUT2D eigenvalue weighted by Gasteiger charge is -2.17. The lowest BCUT2D eigenvalue weighted by atomic mass is 10.1. The molecule has 0 atom stereocenters. The molecule has 0 unspecified atom stereocenters. The zero-order valence-electron chi connectivity index (χ0n) is 11.0. The zero-order valence-corrected chi connectivity index (χ0v) is 11.0. The van der Waals surface area contributed by atoms with Crippen molar-refractivity contribution in [1.82, 2.24) is 9.97 Å². The van der Waals surface area contributed by atoms with E-state index in [-0.39, 0.29) is 0 Å². The first-order valence-corrected chi connectivity index (χ1v) is 5.92. The van der Waals surface area contributed by atoms with E-state index in [0.717, 1.165) is 17.8 Å². The molecule has 4 heteroatoms. The van der Waals surface area contributed by atoms with Crippen molar-refractivity contribution in [2.24, 2.45) is 0 Å². The maximum absolute atomic E-state index is 4.00. The highest BCUT2D eigenvalue weighted by atomic mass is 15.1. The van der Waals surface area contributed by atoms with Gasteiger partial charge in [-0.05, 0) is 24.6 Å². The SMILES string of the molecule is Cc1ccc(NCc2cncnc2)cc1N(C)C. The molecular formula is C14H18N4. The first kappa shape index (κ1) is 12.4. The Hall–Kier alpha value is -2.10. The molecule has 18 heavy (non-hydrogen) atoms. The van der Waals surface area contributed by atoms with E-state index in [4.69, 9.17) is 0 Å². The van der Waals surface area contributed by atoms with Gasteiger partial charge in [-0.25, -0.2) is 9.97 Å². The molecule has 0 spiro atoms. The summed E-state index contributed by atoms with van der Waals surface area (Å²) >= 11 is 0. The number of aromatic nitrogens is 2. The predicted molar refractivity (Wildman–Crippen MR) is 74.9 cm³/mol. The Bertz CT molecular complexity index is 508.